The van der Waals surface area contributed by atoms with Crippen LogP contribution >= 0.6 is 12.4 Å². The highest BCUT2D eigenvalue weighted by atomic mass is 35.5. The molecule has 110 valence electrons. The zero-order chi connectivity index (χ0) is 13.7. The number of nitrogens with zero attached hydrogens (tertiary/aromatic N) is 2. The first kappa shape index (κ1) is 16.7. The fourth-order valence-electron chi connectivity index (χ4n) is 2.32. The van der Waals surface area contributed by atoms with Crippen LogP contribution in [-0.2, 0) is 0 Å². The Morgan fingerprint density at radius 3 is 2.45 bits per heavy atom. The molecule has 0 saturated carbocycles. The summed E-state index contributed by atoms with van der Waals surface area (Å²) in [5.74, 6) is 1.28. The maximum atomic E-state index is 13.1. The molecule has 1 aromatic rings. The Bertz CT molecular complexity index is 436. The summed E-state index contributed by atoms with van der Waals surface area (Å²) in [5, 5.41) is 8.71. The number of likely N-dealkylation sites (tertiary alicyclic amines) is 1. The zero-order valence-electron chi connectivity index (χ0n) is 11.6. The largest absolute Gasteiger partial charge is 0.493 e. The van der Waals surface area contributed by atoms with Crippen LogP contribution < -0.4 is 4.74 Å². The number of ether oxygens (including phenoxy) is 1. The van der Waals surface area contributed by atoms with Crippen molar-refractivity contribution >= 4 is 12.4 Å². The van der Waals surface area contributed by atoms with Gasteiger partial charge in [0.15, 0.2) is 6.30 Å². The quantitative estimate of drug-likeness (QED) is 0.800. The maximum absolute atomic E-state index is 13.1. The number of nitriles is 1. The van der Waals surface area contributed by atoms with Gasteiger partial charge in [0.2, 0.25) is 0 Å². The van der Waals surface area contributed by atoms with Crippen LogP contribution in [0.4, 0.5) is 4.39 Å². The van der Waals surface area contributed by atoms with Crippen molar-refractivity contribution < 1.29 is 9.13 Å². The lowest BCUT2D eigenvalue weighted by Crippen LogP contribution is -2.39. The normalized spacial score (nSPS) is 17.9. The van der Waals surface area contributed by atoms with Crippen molar-refractivity contribution in [3.63, 3.8) is 0 Å². The maximum Gasteiger partial charge on any atom is 0.150 e. The van der Waals surface area contributed by atoms with Crippen LogP contribution in [-0.4, -0.2) is 30.9 Å². The van der Waals surface area contributed by atoms with Gasteiger partial charge in [0.05, 0.1) is 18.2 Å². The van der Waals surface area contributed by atoms with Crippen LogP contribution in [0.3, 0.4) is 0 Å². The molecule has 20 heavy (non-hydrogen) atoms. The number of alkyl halides is 1. The van der Waals surface area contributed by atoms with Gasteiger partial charge >= 0.3 is 0 Å². The Balaban J connectivity index is 0.00000200. The molecule has 1 unspecified atom stereocenters. The Morgan fingerprint density at radius 2 is 1.95 bits per heavy atom. The van der Waals surface area contributed by atoms with Crippen molar-refractivity contribution in [2.24, 2.45) is 5.92 Å². The van der Waals surface area contributed by atoms with Crippen LogP contribution in [0.25, 0.3) is 0 Å². The number of benzene rings is 1. The lowest BCUT2D eigenvalue weighted by Gasteiger charge is -2.32. The zero-order valence-corrected chi connectivity index (χ0v) is 12.4. The summed E-state index contributed by atoms with van der Waals surface area (Å²) in [5.41, 5.74) is 0.637. The van der Waals surface area contributed by atoms with E-state index >= 15 is 0 Å². The fraction of sp³-hybridized carbons (Fsp3) is 0.533. The van der Waals surface area contributed by atoms with Gasteiger partial charge < -0.3 is 4.74 Å². The number of hydrogen-bond donors (Lipinski definition) is 0. The molecule has 0 aromatic heterocycles. The highest BCUT2D eigenvalue weighted by Crippen LogP contribution is 2.21. The minimum Gasteiger partial charge on any atom is -0.493 e. The van der Waals surface area contributed by atoms with Gasteiger partial charge in [-0.15, -0.1) is 12.4 Å². The van der Waals surface area contributed by atoms with Gasteiger partial charge in [-0.3, -0.25) is 4.90 Å². The van der Waals surface area contributed by atoms with E-state index in [0.29, 0.717) is 18.1 Å². The van der Waals surface area contributed by atoms with Crippen LogP contribution in [0, 0.1) is 17.2 Å². The molecular formula is C15H20ClFN2O. The molecule has 0 aliphatic carbocycles. The van der Waals surface area contributed by atoms with Crippen LogP contribution in [0.1, 0.15) is 25.3 Å². The molecule has 5 heteroatoms. The summed E-state index contributed by atoms with van der Waals surface area (Å²) < 4.78 is 18.8. The van der Waals surface area contributed by atoms with Gasteiger partial charge in [-0.05, 0) is 49.9 Å². The summed E-state index contributed by atoms with van der Waals surface area (Å²) >= 11 is 0. The van der Waals surface area contributed by atoms with E-state index in [1.807, 2.05) is 17.0 Å². The average molecular weight is 299 g/mol. The second-order valence-corrected chi connectivity index (χ2v) is 5.00. The molecule has 0 amide bonds. The monoisotopic (exact) mass is 298 g/mol. The molecule has 1 atom stereocenters. The Morgan fingerprint density at radius 1 is 1.35 bits per heavy atom. The molecule has 0 radical (unpaired) electrons. The molecule has 1 aliphatic rings. The summed E-state index contributed by atoms with van der Waals surface area (Å²) in [4.78, 5) is 1.86. The van der Waals surface area contributed by atoms with Crippen LogP contribution in [0.15, 0.2) is 24.3 Å². The molecular weight excluding hydrogens is 279 g/mol. The molecule has 2 rings (SSSR count). The molecule has 0 spiro atoms. The molecule has 1 aliphatic heterocycles. The van der Waals surface area contributed by atoms with Crippen molar-refractivity contribution in [2.75, 3.05) is 19.7 Å². The van der Waals surface area contributed by atoms with E-state index < -0.39 is 6.30 Å². The third-order valence-electron chi connectivity index (χ3n) is 3.62. The van der Waals surface area contributed by atoms with E-state index in [-0.39, 0.29) is 12.4 Å². The van der Waals surface area contributed by atoms with Gasteiger partial charge in [0.1, 0.15) is 5.75 Å². The smallest absolute Gasteiger partial charge is 0.150 e. The number of piperidine rings is 1. The minimum absolute atomic E-state index is 0. The van der Waals surface area contributed by atoms with Crippen molar-refractivity contribution in [3.8, 4) is 11.8 Å². The summed E-state index contributed by atoms with van der Waals surface area (Å²) in [7, 11) is 0. The SMILES string of the molecule is CC(F)N1CCC(COc2ccc(C#N)cc2)CC1.Cl. The van der Waals surface area contributed by atoms with E-state index in [0.717, 1.165) is 31.7 Å². The minimum atomic E-state index is -0.847. The van der Waals surface area contributed by atoms with Gasteiger partial charge in [-0.25, -0.2) is 4.39 Å². The first-order chi connectivity index (χ1) is 9.19. The molecule has 1 aromatic carbocycles. The first-order valence-electron chi connectivity index (χ1n) is 6.70. The third kappa shape index (κ3) is 4.66. The second kappa shape index (κ2) is 8.08. The molecule has 1 fully saturated rings. The van der Waals surface area contributed by atoms with Crippen molar-refractivity contribution in [3.05, 3.63) is 29.8 Å². The lowest BCUT2D eigenvalue weighted by atomic mass is 9.98. The van der Waals surface area contributed by atoms with Gasteiger partial charge in [0, 0.05) is 13.1 Å². The summed E-state index contributed by atoms with van der Waals surface area (Å²) in [6.45, 7) is 3.87. The highest BCUT2D eigenvalue weighted by Gasteiger charge is 2.22. The predicted molar refractivity (Wildman–Crippen MR) is 78.8 cm³/mol. The van der Waals surface area contributed by atoms with Crippen molar-refractivity contribution in [2.45, 2.75) is 26.1 Å². The lowest BCUT2D eigenvalue weighted by molar-refractivity contribution is 0.0507. The average Bonchev–Trinajstić information content (AvgIpc) is 2.46. The fourth-order valence-corrected chi connectivity index (χ4v) is 2.32. The molecule has 3 nitrogen and oxygen atoms in total. The third-order valence-corrected chi connectivity index (χ3v) is 3.62. The topological polar surface area (TPSA) is 36.3 Å². The number of halogens is 2. The van der Waals surface area contributed by atoms with E-state index in [9.17, 15) is 4.39 Å². The number of hydrogen-bond acceptors (Lipinski definition) is 3. The van der Waals surface area contributed by atoms with E-state index in [1.54, 1.807) is 19.1 Å². The highest BCUT2D eigenvalue weighted by molar-refractivity contribution is 5.85. The Kier molecular flexibility index (Phi) is 6.77. The molecule has 1 saturated heterocycles. The number of rotatable bonds is 4. The molecule has 0 bridgehead atoms. The standard InChI is InChI=1S/C15H19FN2O.ClH/c1-12(16)18-8-6-14(7-9-18)11-19-15-4-2-13(10-17)3-5-15;/h2-5,12,14H,6-9,11H2,1H3;1H. The second-order valence-electron chi connectivity index (χ2n) is 5.00. The van der Waals surface area contributed by atoms with E-state index in [2.05, 4.69) is 6.07 Å². The van der Waals surface area contributed by atoms with E-state index in [1.165, 1.54) is 0 Å². The van der Waals surface area contributed by atoms with Crippen molar-refractivity contribution in [1.29, 1.82) is 5.26 Å². The molecule has 0 N–H and O–H groups in total. The predicted octanol–water partition coefficient (Wildman–Crippen LogP) is 3.39. The summed E-state index contributed by atoms with van der Waals surface area (Å²) in [6, 6.07) is 9.22. The molecule has 1 heterocycles. The van der Waals surface area contributed by atoms with Gasteiger partial charge in [-0.1, -0.05) is 0 Å². The first-order valence-corrected chi connectivity index (χ1v) is 6.70. The van der Waals surface area contributed by atoms with Crippen LogP contribution in [0.2, 0.25) is 0 Å². The Labute approximate surface area is 125 Å². The van der Waals surface area contributed by atoms with Gasteiger partial charge in [-0.2, -0.15) is 5.26 Å². The van der Waals surface area contributed by atoms with Crippen LogP contribution in [0.5, 0.6) is 5.75 Å². The van der Waals surface area contributed by atoms with Crippen molar-refractivity contribution in [1.82, 2.24) is 4.90 Å². The Hall–Kier alpha value is -1.31. The van der Waals surface area contributed by atoms with Gasteiger partial charge in [0.25, 0.3) is 0 Å². The summed E-state index contributed by atoms with van der Waals surface area (Å²) in [6.07, 6.45) is 1.11. The van der Waals surface area contributed by atoms with E-state index in [4.69, 9.17) is 10.00 Å².